The van der Waals surface area contributed by atoms with Gasteiger partial charge in [-0.15, -0.1) is 0 Å². The van der Waals surface area contributed by atoms with Crippen molar-refractivity contribution < 1.29 is 17.9 Å². The lowest BCUT2D eigenvalue weighted by molar-refractivity contribution is 0.275. The lowest BCUT2D eigenvalue weighted by atomic mass is 10.1. The van der Waals surface area contributed by atoms with Crippen LogP contribution in [0.1, 0.15) is 24.5 Å². The summed E-state index contributed by atoms with van der Waals surface area (Å²) in [7, 11) is -3.65. The minimum atomic E-state index is -3.65. The molecule has 0 amide bonds. The van der Waals surface area contributed by atoms with E-state index < -0.39 is 22.4 Å². The molecule has 4 nitrogen and oxygen atoms in total. The first-order chi connectivity index (χ1) is 9.36. The van der Waals surface area contributed by atoms with E-state index in [1.165, 1.54) is 28.9 Å². The zero-order chi connectivity index (χ0) is 14.9. The number of halogens is 1. The molecular weight excluding hydrogens is 281 g/mol. The third-order valence-electron chi connectivity index (χ3n) is 3.51. The summed E-state index contributed by atoms with van der Waals surface area (Å²) >= 11 is 0. The van der Waals surface area contributed by atoms with Gasteiger partial charge < -0.3 is 5.11 Å². The molecule has 0 unspecified atom stereocenters. The molecule has 0 bridgehead atoms. The molecule has 0 saturated heterocycles. The van der Waals surface area contributed by atoms with Crippen LogP contribution in [0.2, 0.25) is 0 Å². The first-order valence-electron chi connectivity index (χ1n) is 6.42. The summed E-state index contributed by atoms with van der Waals surface area (Å²) in [5, 5.41) is 9.12. The van der Waals surface area contributed by atoms with Crippen LogP contribution in [0.3, 0.4) is 0 Å². The Morgan fingerprint density at radius 1 is 1.35 bits per heavy atom. The summed E-state index contributed by atoms with van der Waals surface area (Å²) < 4.78 is 40.1. The Morgan fingerprint density at radius 3 is 2.60 bits per heavy atom. The zero-order valence-electron chi connectivity index (χ0n) is 11.6. The summed E-state index contributed by atoms with van der Waals surface area (Å²) in [6, 6.07) is 2.53. The fourth-order valence-corrected chi connectivity index (χ4v) is 3.71. The van der Waals surface area contributed by atoms with Crippen molar-refractivity contribution in [2.75, 3.05) is 13.1 Å². The van der Waals surface area contributed by atoms with E-state index in [1.54, 1.807) is 0 Å². The molecule has 1 heterocycles. The Bertz CT molecular complexity index is 653. The number of aliphatic hydroxyl groups excluding tert-OH is 1. The molecule has 0 aromatic heterocycles. The number of benzene rings is 1. The Balaban J connectivity index is 2.42. The van der Waals surface area contributed by atoms with Crippen LogP contribution in [0.15, 0.2) is 28.7 Å². The average Bonchev–Trinajstić information content (AvgIpc) is 2.42. The van der Waals surface area contributed by atoms with E-state index in [0.717, 1.165) is 0 Å². The van der Waals surface area contributed by atoms with E-state index in [9.17, 15) is 12.8 Å². The van der Waals surface area contributed by atoms with Crippen molar-refractivity contribution >= 4 is 10.0 Å². The number of sulfonamides is 1. The van der Waals surface area contributed by atoms with E-state index >= 15 is 0 Å². The number of hydrogen-bond acceptors (Lipinski definition) is 3. The maximum Gasteiger partial charge on any atom is 0.243 e. The van der Waals surface area contributed by atoms with Gasteiger partial charge in [-0.25, -0.2) is 12.8 Å². The van der Waals surface area contributed by atoms with Crippen LogP contribution in [0.25, 0.3) is 0 Å². The van der Waals surface area contributed by atoms with Crippen molar-refractivity contribution in [3.63, 3.8) is 0 Å². The van der Waals surface area contributed by atoms with E-state index in [4.69, 9.17) is 5.11 Å². The molecule has 1 N–H and O–H groups in total. The molecule has 0 aliphatic carbocycles. The average molecular weight is 299 g/mol. The predicted molar refractivity (Wildman–Crippen MR) is 74.2 cm³/mol. The van der Waals surface area contributed by atoms with E-state index in [-0.39, 0.29) is 16.0 Å². The van der Waals surface area contributed by atoms with E-state index in [2.05, 4.69) is 0 Å². The number of rotatable bonds is 3. The highest BCUT2D eigenvalue weighted by molar-refractivity contribution is 7.89. The van der Waals surface area contributed by atoms with E-state index in [1.807, 2.05) is 13.0 Å². The molecule has 1 aliphatic heterocycles. The van der Waals surface area contributed by atoms with Crippen molar-refractivity contribution in [1.29, 1.82) is 0 Å². The van der Waals surface area contributed by atoms with Crippen molar-refractivity contribution in [3.8, 4) is 0 Å². The maximum atomic E-state index is 13.7. The second kappa shape index (κ2) is 5.63. The van der Waals surface area contributed by atoms with Gasteiger partial charge in [0, 0.05) is 18.7 Å². The third-order valence-corrected chi connectivity index (χ3v) is 5.35. The summed E-state index contributed by atoms with van der Waals surface area (Å²) in [6.07, 6.45) is 2.58. The van der Waals surface area contributed by atoms with Gasteiger partial charge in [-0.05, 0) is 38.0 Å². The summed E-state index contributed by atoms with van der Waals surface area (Å²) in [5.41, 5.74) is 1.40. The summed E-state index contributed by atoms with van der Waals surface area (Å²) in [6.45, 7) is 3.70. The molecule has 0 radical (unpaired) electrons. The molecule has 0 atom stereocenters. The monoisotopic (exact) mass is 299 g/mol. The Kier molecular flexibility index (Phi) is 4.27. The van der Waals surface area contributed by atoms with Gasteiger partial charge in [0.25, 0.3) is 0 Å². The van der Waals surface area contributed by atoms with Gasteiger partial charge >= 0.3 is 0 Å². The minimum Gasteiger partial charge on any atom is -0.392 e. The lowest BCUT2D eigenvalue weighted by Gasteiger charge is -2.25. The van der Waals surface area contributed by atoms with Crippen LogP contribution in [0.5, 0.6) is 0 Å². The first-order valence-corrected chi connectivity index (χ1v) is 7.86. The number of hydrogen-bond donors (Lipinski definition) is 1. The Labute approximate surface area is 118 Å². The van der Waals surface area contributed by atoms with Crippen LogP contribution in [0.4, 0.5) is 4.39 Å². The van der Waals surface area contributed by atoms with Gasteiger partial charge in [-0.2, -0.15) is 4.31 Å². The van der Waals surface area contributed by atoms with Crippen LogP contribution in [-0.2, 0) is 16.6 Å². The quantitative estimate of drug-likeness (QED) is 0.868. The lowest BCUT2D eigenvalue weighted by Crippen LogP contribution is -2.34. The van der Waals surface area contributed by atoms with Gasteiger partial charge in [0.15, 0.2) is 0 Å². The van der Waals surface area contributed by atoms with Crippen molar-refractivity contribution in [2.24, 2.45) is 0 Å². The van der Waals surface area contributed by atoms with Crippen LogP contribution in [-0.4, -0.2) is 30.9 Å². The largest absolute Gasteiger partial charge is 0.392 e. The standard InChI is InChI=1S/C14H18FNO3S/c1-10-3-5-16(6-4-10)20(18,19)13-7-11(2)14(15)12(8-13)9-17/h3,7-8,17H,4-6,9H2,1-2H3. The molecule has 20 heavy (non-hydrogen) atoms. The number of aryl methyl sites for hydroxylation is 1. The summed E-state index contributed by atoms with van der Waals surface area (Å²) in [5.74, 6) is -0.555. The third kappa shape index (κ3) is 2.77. The Hall–Kier alpha value is -1.24. The van der Waals surface area contributed by atoms with E-state index in [0.29, 0.717) is 19.5 Å². The highest BCUT2D eigenvalue weighted by Crippen LogP contribution is 2.24. The molecule has 1 aliphatic rings. The van der Waals surface area contributed by atoms with Crippen LogP contribution in [0, 0.1) is 12.7 Å². The number of aliphatic hydroxyl groups is 1. The topological polar surface area (TPSA) is 57.6 Å². The molecule has 6 heteroatoms. The normalized spacial score (nSPS) is 17.1. The van der Waals surface area contributed by atoms with Crippen LogP contribution < -0.4 is 0 Å². The van der Waals surface area contributed by atoms with Crippen molar-refractivity contribution in [1.82, 2.24) is 4.31 Å². The fraction of sp³-hybridized carbons (Fsp3) is 0.429. The molecule has 0 spiro atoms. The highest BCUT2D eigenvalue weighted by atomic mass is 32.2. The summed E-state index contributed by atoms with van der Waals surface area (Å²) in [4.78, 5) is 0.0356. The molecule has 1 aromatic carbocycles. The maximum absolute atomic E-state index is 13.7. The van der Waals surface area contributed by atoms with Crippen molar-refractivity contribution in [2.45, 2.75) is 31.8 Å². The predicted octanol–water partition coefficient (Wildman–Crippen LogP) is 1.97. The van der Waals surface area contributed by atoms with Gasteiger partial charge in [-0.3, -0.25) is 0 Å². The molecule has 2 rings (SSSR count). The molecular formula is C14H18FNO3S. The van der Waals surface area contributed by atoms with Gasteiger partial charge in [0.05, 0.1) is 11.5 Å². The smallest absolute Gasteiger partial charge is 0.243 e. The SMILES string of the molecule is CC1=CCN(S(=O)(=O)c2cc(C)c(F)c(CO)c2)CC1. The van der Waals surface area contributed by atoms with Gasteiger partial charge in [0.2, 0.25) is 10.0 Å². The van der Waals surface area contributed by atoms with Crippen molar-refractivity contribution in [3.05, 3.63) is 40.7 Å². The second-order valence-corrected chi connectivity index (χ2v) is 6.97. The molecule has 110 valence electrons. The van der Waals surface area contributed by atoms with Gasteiger partial charge in [-0.1, -0.05) is 11.6 Å². The highest BCUT2D eigenvalue weighted by Gasteiger charge is 2.26. The van der Waals surface area contributed by atoms with Crippen LogP contribution >= 0.6 is 0 Å². The first kappa shape index (κ1) is 15.2. The zero-order valence-corrected chi connectivity index (χ0v) is 12.4. The molecule has 0 fully saturated rings. The molecule has 0 saturated carbocycles. The minimum absolute atomic E-state index is 0.00677. The second-order valence-electron chi connectivity index (χ2n) is 5.03. The van der Waals surface area contributed by atoms with Gasteiger partial charge in [0.1, 0.15) is 5.82 Å². The number of nitrogens with zero attached hydrogens (tertiary/aromatic N) is 1. The Morgan fingerprint density at radius 2 is 2.05 bits per heavy atom. The molecule has 1 aromatic rings. The fourth-order valence-electron chi connectivity index (χ4n) is 2.19.